The summed E-state index contributed by atoms with van der Waals surface area (Å²) in [4.78, 5) is 0. The molecule has 0 aliphatic rings. The molecular weight excluding hydrogens is 141 g/mol. The lowest BCUT2D eigenvalue weighted by molar-refractivity contribution is 0.417. The Morgan fingerprint density at radius 3 is 2.27 bits per heavy atom. The first-order valence-corrected chi connectivity index (χ1v) is 4.61. The van der Waals surface area contributed by atoms with Crippen molar-refractivity contribution in [2.24, 2.45) is 5.92 Å². The number of nitrogens with one attached hydrogen (secondary N) is 1. The first kappa shape index (κ1) is 10.9. The summed E-state index contributed by atoms with van der Waals surface area (Å²) in [5.41, 5.74) is 0. The van der Waals surface area contributed by atoms with Gasteiger partial charge in [0.2, 0.25) is 0 Å². The van der Waals surface area contributed by atoms with Crippen LogP contribution in [0.15, 0.2) is 0 Å². The molecule has 0 saturated heterocycles. The lowest BCUT2D eigenvalue weighted by Gasteiger charge is -2.11. The Morgan fingerprint density at radius 1 is 1.18 bits per heavy atom. The van der Waals surface area contributed by atoms with E-state index in [2.05, 4.69) is 19.2 Å². The molecule has 0 aromatic carbocycles. The largest absolute Gasteiger partial charge is 0.314 e. The van der Waals surface area contributed by atoms with Gasteiger partial charge in [-0.1, -0.05) is 26.7 Å². The van der Waals surface area contributed by atoms with Gasteiger partial charge in [-0.25, -0.2) is 4.39 Å². The fraction of sp³-hybridized carbons (Fsp3) is 1.00. The van der Waals surface area contributed by atoms with Crippen molar-refractivity contribution < 1.29 is 4.39 Å². The highest BCUT2D eigenvalue weighted by Crippen LogP contribution is 2.10. The van der Waals surface area contributed by atoms with E-state index in [-0.39, 0.29) is 6.67 Å². The zero-order valence-electron chi connectivity index (χ0n) is 7.70. The minimum Gasteiger partial charge on any atom is -0.314 e. The molecule has 0 saturated carbocycles. The van der Waals surface area contributed by atoms with Gasteiger partial charge < -0.3 is 5.32 Å². The van der Waals surface area contributed by atoms with E-state index in [1.165, 1.54) is 19.3 Å². The molecule has 0 atom stereocenters. The fourth-order valence-electron chi connectivity index (χ4n) is 1.19. The first-order chi connectivity index (χ1) is 5.35. The van der Waals surface area contributed by atoms with Gasteiger partial charge in [0.1, 0.15) is 6.67 Å². The Balaban J connectivity index is 3.07. The topological polar surface area (TPSA) is 12.0 Å². The molecule has 0 heterocycles. The van der Waals surface area contributed by atoms with Gasteiger partial charge in [-0.15, -0.1) is 0 Å². The molecule has 0 aromatic rings. The molecule has 1 nitrogen and oxygen atoms in total. The number of alkyl halides is 1. The van der Waals surface area contributed by atoms with Crippen LogP contribution in [0.3, 0.4) is 0 Å². The minimum absolute atomic E-state index is 0.247. The smallest absolute Gasteiger partial charge is 0.102 e. The molecule has 0 amide bonds. The van der Waals surface area contributed by atoms with Crippen LogP contribution in [0.25, 0.3) is 0 Å². The number of hydrogen-bond donors (Lipinski definition) is 1. The van der Waals surface area contributed by atoms with Crippen LogP contribution in [0.5, 0.6) is 0 Å². The molecule has 68 valence electrons. The average Bonchev–Trinajstić information content (AvgIpc) is 2.05. The van der Waals surface area contributed by atoms with Crippen LogP contribution in [-0.2, 0) is 0 Å². The monoisotopic (exact) mass is 161 g/mol. The van der Waals surface area contributed by atoms with Crippen molar-refractivity contribution in [2.45, 2.75) is 33.1 Å². The van der Waals surface area contributed by atoms with Crippen molar-refractivity contribution in [1.29, 1.82) is 0 Å². The van der Waals surface area contributed by atoms with Crippen LogP contribution < -0.4 is 5.32 Å². The minimum atomic E-state index is -0.247. The second-order valence-electron chi connectivity index (χ2n) is 2.91. The molecule has 11 heavy (non-hydrogen) atoms. The van der Waals surface area contributed by atoms with Gasteiger partial charge in [-0.2, -0.15) is 0 Å². The summed E-state index contributed by atoms with van der Waals surface area (Å²) in [6.45, 7) is 5.66. The Labute approximate surface area is 69.4 Å². The molecule has 0 bridgehead atoms. The average molecular weight is 161 g/mol. The van der Waals surface area contributed by atoms with E-state index in [9.17, 15) is 4.39 Å². The van der Waals surface area contributed by atoms with Gasteiger partial charge in [-0.05, 0) is 18.9 Å². The number of hydrogen-bond acceptors (Lipinski definition) is 1. The normalized spacial score (nSPS) is 10.9. The molecule has 1 N–H and O–H groups in total. The third-order valence-corrected chi connectivity index (χ3v) is 2.16. The lowest BCUT2D eigenvalue weighted by Crippen LogP contribution is -2.20. The predicted octanol–water partition coefficient (Wildman–Crippen LogP) is 2.37. The third kappa shape index (κ3) is 6.29. The molecular formula is C9H20FN. The van der Waals surface area contributed by atoms with E-state index in [1.807, 2.05) is 0 Å². The Hall–Kier alpha value is -0.110. The highest BCUT2D eigenvalue weighted by Gasteiger charge is 2.01. The van der Waals surface area contributed by atoms with E-state index >= 15 is 0 Å². The number of halogens is 1. The summed E-state index contributed by atoms with van der Waals surface area (Å²) in [7, 11) is 0. The molecule has 0 fully saturated rings. The molecule has 0 radical (unpaired) electrons. The lowest BCUT2D eigenvalue weighted by atomic mass is 10.00. The molecule has 0 aliphatic heterocycles. The Kier molecular flexibility index (Phi) is 7.91. The predicted molar refractivity (Wildman–Crippen MR) is 47.5 cm³/mol. The van der Waals surface area contributed by atoms with Crippen molar-refractivity contribution in [3.05, 3.63) is 0 Å². The molecule has 0 aliphatic carbocycles. The maximum absolute atomic E-state index is 11.6. The van der Waals surface area contributed by atoms with Crippen LogP contribution in [0.1, 0.15) is 33.1 Å². The van der Waals surface area contributed by atoms with Crippen molar-refractivity contribution >= 4 is 0 Å². The SMILES string of the molecule is CCC(CC)CCNCCF. The van der Waals surface area contributed by atoms with Crippen LogP contribution in [0.4, 0.5) is 4.39 Å². The van der Waals surface area contributed by atoms with E-state index in [4.69, 9.17) is 0 Å². The second kappa shape index (κ2) is 7.99. The maximum Gasteiger partial charge on any atom is 0.102 e. The molecule has 0 unspecified atom stereocenters. The molecule has 0 rings (SSSR count). The number of rotatable bonds is 7. The summed E-state index contributed by atoms with van der Waals surface area (Å²) in [6.07, 6.45) is 3.68. The van der Waals surface area contributed by atoms with Gasteiger partial charge in [0.05, 0.1) is 0 Å². The van der Waals surface area contributed by atoms with Crippen molar-refractivity contribution in [3.8, 4) is 0 Å². The van der Waals surface area contributed by atoms with E-state index < -0.39 is 0 Å². The zero-order chi connectivity index (χ0) is 8.53. The fourth-order valence-corrected chi connectivity index (χ4v) is 1.19. The summed E-state index contributed by atoms with van der Waals surface area (Å²) in [5, 5.41) is 3.06. The summed E-state index contributed by atoms with van der Waals surface area (Å²) >= 11 is 0. The van der Waals surface area contributed by atoms with Gasteiger partial charge in [-0.3, -0.25) is 0 Å². The molecule has 2 heteroatoms. The van der Waals surface area contributed by atoms with E-state index in [0.29, 0.717) is 6.54 Å². The maximum atomic E-state index is 11.6. The van der Waals surface area contributed by atoms with Gasteiger partial charge in [0.15, 0.2) is 0 Å². The van der Waals surface area contributed by atoms with E-state index in [0.717, 1.165) is 12.5 Å². The van der Waals surface area contributed by atoms with Crippen LogP contribution in [0.2, 0.25) is 0 Å². The summed E-state index contributed by atoms with van der Waals surface area (Å²) in [6, 6.07) is 0. The van der Waals surface area contributed by atoms with Gasteiger partial charge >= 0.3 is 0 Å². The molecule has 0 spiro atoms. The second-order valence-corrected chi connectivity index (χ2v) is 2.91. The highest BCUT2D eigenvalue weighted by molar-refractivity contribution is 4.56. The van der Waals surface area contributed by atoms with Crippen LogP contribution in [-0.4, -0.2) is 19.8 Å². The highest BCUT2D eigenvalue weighted by atomic mass is 19.1. The zero-order valence-corrected chi connectivity index (χ0v) is 7.70. The quantitative estimate of drug-likeness (QED) is 0.565. The van der Waals surface area contributed by atoms with Gasteiger partial charge in [0, 0.05) is 6.54 Å². The third-order valence-electron chi connectivity index (χ3n) is 2.16. The van der Waals surface area contributed by atoms with Gasteiger partial charge in [0.25, 0.3) is 0 Å². The van der Waals surface area contributed by atoms with Crippen LogP contribution >= 0.6 is 0 Å². The summed E-state index contributed by atoms with van der Waals surface area (Å²) in [5.74, 6) is 0.821. The van der Waals surface area contributed by atoms with Crippen molar-refractivity contribution in [2.75, 3.05) is 19.8 Å². The van der Waals surface area contributed by atoms with Crippen LogP contribution in [0, 0.1) is 5.92 Å². The summed E-state index contributed by atoms with van der Waals surface area (Å²) < 4.78 is 11.6. The standard InChI is InChI=1S/C9H20FN/c1-3-9(4-2)5-7-11-8-6-10/h9,11H,3-8H2,1-2H3. The molecule has 0 aromatic heterocycles. The van der Waals surface area contributed by atoms with Crippen molar-refractivity contribution in [3.63, 3.8) is 0 Å². The Bertz CT molecular complexity index is 72.0. The first-order valence-electron chi connectivity index (χ1n) is 4.61. The van der Waals surface area contributed by atoms with E-state index in [1.54, 1.807) is 0 Å². The van der Waals surface area contributed by atoms with Crippen molar-refractivity contribution in [1.82, 2.24) is 5.32 Å². The Morgan fingerprint density at radius 2 is 1.82 bits per heavy atom.